The number of anilines is 1. The molecule has 8 rings (SSSR count). The number of hydrogen-bond donors (Lipinski definition) is 4. The van der Waals surface area contributed by atoms with E-state index in [2.05, 4.69) is 10.6 Å². The summed E-state index contributed by atoms with van der Waals surface area (Å²) in [7, 11) is 0. The second kappa shape index (κ2) is 14.3. The highest BCUT2D eigenvalue weighted by atomic mass is 16.6. The zero-order valence-corrected chi connectivity index (χ0v) is 28.7. The van der Waals surface area contributed by atoms with Gasteiger partial charge in [0, 0.05) is 12.2 Å². The Kier molecular flexibility index (Phi) is 9.26. The Morgan fingerprint density at radius 1 is 0.792 bits per heavy atom. The third-order valence-corrected chi connectivity index (χ3v) is 10.7. The highest BCUT2D eigenvalue weighted by molar-refractivity contribution is 6.12. The van der Waals surface area contributed by atoms with Gasteiger partial charge in [-0.05, 0) is 46.0 Å². The fourth-order valence-corrected chi connectivity index (χ4v) is 8.56. The molecule has 7 atom stereocenters. The summed E-state index contributed by atoms with van der Waals surface area (Å²) in [6.45, 7) is -0.192. The zero-order valence-electron chi connectivity index (χ0n) is 28.7. The lowest BCUT2D eigenvalue weighted by Gasteiger charge is -2.46. The largest absolute Gasteiger partial charge is 0.491 e. The molecule has 4 N–H and O–H groups in total. The number of carbonyl (C=O) groups is 3. The van der Waals surface area contributed by atoms with E-state index < -0.39 is 59.5 Å². The number of benzene rings is 5. The van der Waals surface area contributed by atoms with E-state index >= 15 is 0 Å². The van der Waals surface area contributed by atoms with Crippen LogP contribution in [0.5, 0.6) is 5.75 Å². The molecule has 53 heavy (non-hydrogen) atoms. The van der Waals surface area contributed by atoms with Crippen molar-refractivity contribution in [3.8, 4) is 5.75 Å². The fraction of sp³-hybridized carbons (Fsp3) is 0.233. The van der Waals surface area contributed by atoms with Crippen LogP contribution in [0.1, 0.15) is 52.1 Å². The molecule has 10 nitrogen and oxygen atoms in total. The first kappa shape index (κ1) is 34.3. The van der Waals surface area contributed by atoms with Gasteiger partial charge in [0.15, 0.2) is 0 Å². The van der Waals surface area contributed by atoms with E-state index in [1.54, 1.807) is 42.5 Å². The predicted molar refractivity (Wildman–Crippen MR) is 196 cm³/mol. The molecule has 0 radical (unpaired) electrons. The molecule has 3 heterocycles. The number of rotatable bonds is 10. The molecular formula is C43H39N3O7. The fourth-order valence-electron chi connectivity index (χ4n) is 8.56. The van der Waals surface area contributed by atoms with Crippen LogP contribution in [0.4, 0.5) is 5.69 Å². The number of nitrogens with zero attached hydrogens (tertiary/aromatic N) is 1. The van der Waals surface area contributed by atoms with Gasteiger partial charge in [-0.2, -0.15) is 0 Å². The average molecular weight is 710 g/mol. The van der Waals surface area contributed by atoms with Gasteiger partial charge in [-0.25, -0.2) is 0 Å². The summed E-state index contributed by atoms with van der Waals surface area (Å²) in [6, 6.07) is 40.0. The summed E-state index contributed by atoms with van der Waals surface area (Å²) in [6.07, 6.45) is -1.81. The van der Waals surface area contributed by atoms with Crippen molar-refractivity contribution in [2.24, 2.45) is 5.92 Å². The van der Waals surface area contributed by atoms with Crippen molar-refractivity contribution >= 4 is 23.5 Å². The Hall–Kier alpha value is -5.81. The maximum atomic E-state index is 15.0. The highest BCUT2D eigenvalue weighted by Crippen LogP contribution is 2.64. The molecule has 0 bridgehead atoms. The Bertz CT molecular complexity index is 2100. The second-order valence-corrected chi connectivity index (χ2v) is 13.6. The smallest absolute Gasteiger partial charge is 0.324 e. The number of carbonyl (C=O) groups excluding carboxylic acids is 3. The van der Waals surface area contributed by atoms with Crippen LogP contribution >= 0.6 is 0 Å². The first-order chi connectivity index (χ1) is 25.9. The Morgan fingerprint density at radius 2 is 1.42 bits per heavy atom. The molecule has 3 aliphatic heterocycles. The number of esters is 1. The number of para-hydroxylation sites is 1. The number of amides is 2. The number of aliphatic hydroxyl groups is 2. The van der Waals surface area contributed by atoms with Crippen LogP contribution in [0.2, 0.25) is 0 Å². The third kappa shape index (κ3) is 5.85. The van der Waals surface area contributed by atoms with Gasteiger partial charge in [0.05, 0.1) is 30.7 Å². The number of morpholine rings is 1. The molecule has 2 fully saturated rings. The van der Waals surface area contributed by atoms with Crippen LogP contribution in [-0.2, 0) is 24.5 Å². The van der Waals surface area contributed by atoms with Gasteiger partial charge >= 0.3 is 5.97 Å². The number of hydrogen-bond acceptors (Lipinski definition) is 8. The van der Waals surface area contributed by atoms with Gasteiger partial charge in [0.1, 0.15) is 29.9 Å². The van der Waals surface area contributed by atoms with Crippen molar-refractivity contribution in [3.05, 3.63) is 167 Å². The van der Waals surface area contributed by atoms with Crippen molar-refractivity contribution in [2.75, 3.05) is 25.1 Å². The minimum absolute atomic E-state index is 0.106. The average Bonchev–Trinajstić information content (AvgIpc) is 3.69. The van der Waals surface area contributed by atoms with Crippen LogP contribution < -0.4 is 15.4 Å². The van der Waals surface area contributed by atoms with Gasteiger partial charge < -0.3 is 30.3 Å². The monoisotopic (exact) mass is 709 g/mol. The van der Waals surface area contributed by atoms with E-state index in [-0.39, 0.29) is 19.8 Å². The van der Waals surface area contributed by atoms with Crippen molar-refractivity contribution in [2.45, 2.75) is 35.7 Å². The minimum Gasteiger partial charge on any atom is -0.491 e. The summed E-state index contributed by atoms with van der Waals surface area (Å²) >= 11 is 0. The minimum atomic E-state index is -1.62. The summed E-state index contributed by atoms with van der Waals surface area (Å²) < 4.78 is 12.1. The molecule has 0 aliphatic carbocycles. The molecule has 2 amide bonds. The van der Waals surface area contributed by atoms with Crippen LogP contribution in [0.25, 0.3) is 0 Å². The first-order valence-corrected chi connectivity index (χ1v) is 17.8. The number of fused-ring (bicyclic) bond motifs is 3. The lowest BCUT2D eigenvalue weighted by Crippen LogP contribution is -2.55. The van der Waals surface area contributed by atoms with Crippen LogP contribution in [0.15, 0.2) is 140 Å². The molecule has 10 heteroatoms. The van der Waals surface area contributed by atoms with Crippen molar-refractivity contribution in [1.29, 1.82) is 0 Å². The quantitative estimate of drug-likeness (QED) is 0.146. The maximum absolute atomic E-state index is 15.0. The first-order valence-electron chi connectivity index (χ1n) is 17.8. The van der Waals surface area contributed by atoms with Gasteiger partial charge in [-0.15, -0.1) is 0 Å². The maximum Gasteiger partial charge on any atom is 0.324 e. The van der Waals surface area contributed by atoms with Crippen LogP contribution in [0.3, 0.4) is 0 Å². The van der Waals surface area contributed by atoms with E-state index in [0.29, 0.717) is 28.1 Å². The number of nitrogens with one attached hydrogen (secondary N) is 2. The van der Waals surface area contributed by atoms with E-state index in [1.165, 1.54) is 0 Å². The topological polar surface area (TPSA) is 137 Å². The molecule has 5 aromatic carbocycles. The van der Waals surface area contributed by atoms with Gasteiger partial charge in [0.25, 0.3) is 0 Å². The van der Waals surface area contributed by atoms with E-state index in [4.69, 9.17) is 9.47 Å². The van der Waals surface area contributed by atoms with E-state index in [0.717, 1.165) is 11.1 Å². The van der Waals surface area contributed by atoms with Crippen molar-refractivity contribution in [1.82, 2.24) is 10.2 Å². The number of ether oxygens (including phenoxy) is 2. The normalized spacial score (nSPS) is 25.2. The Labute approximate surface area is 307 Å². The van der Waals surface area contributed by atoms with Crippen LogP contribution in [-0.4, -0.2) is 58.7 Å². The van der Waals surface area contributed by atoms with E-state index in [1.807, 2.05) is 102 Å². The zero-order chi connectivity index (χ0) is 36.5. The van der Waals surface area contributed by atoms with Gasteiger partial charge in [0.2, 0.25) is 11.8 Å². The highest BCUT2D eigenvalue weighted by Gasteiger charge is 2.74. The Balaban J connectivity index is 1.35. The van der Waals surface area contributed by atoms with Gasteiger partial charge in [-0.1, -0.05) is 121 Å². The number of aliphatic hydroxyl groups excluding tert-OH is 2. The van der Waals surface area contributed by atoms with Gasteiger partial charge in [-0.3, -0.25) is 19.3 Å². The molecule has 1 spiro atoms. The second-order valence-electron chi connectivity index (χ2n) is 13.6. The lowest BCUT2D eigenvalue weighted by atomic mass is 9.65. The number of cyclic esters (lactones) is 1. The van der Waals surface area contributed by atoms with Crippen molar-refractivity contribution < 1.29 is 34.1 Å². The van der Waals surface area contributed by atoms with Crippen LogP contribution in [0, 0.1) is 5.92 Å². The predicted octanol–water partition coefficient (Wildman–Crippen LogP) is 5.18. The molecular weight excluding hydrogens is 670 g/mol. The summed E-state index contributed by atoms with van der Waals surface area (Å²) in [5, 5.41) is 26.5. The lowest BCUT2D eigenvalue weighted by molar-refractivity contribution is -0.178. The molecule has 0 unspecified atom stereocenters. The molecule has 3 aliphatic rings. The summed E-state index contributed by atoms with van der Waals surface area (Å²) in [5.74, 6) is -2.36. The SMILES string of the molecule is O=C1O[C@H](c2ccccc2)[C@H](c2ccccc2)N2[C@H]1[C@@H](C(=O)NC[C@H](O)c1ccccc1)[C@]1(C(=O)Nc3ccccc31)[C@H]2c1ccc(OCCO)cc1. The van der Waals surface area contributed by atoms with E-state index in [9.17, 15) is 24.6 Å². The Morgan fingerprint density at radius 3 is 2.09 bits per heavy atom. The molecule has 0 saturated carbocycles. The molecule has 5 aromatic rings. The molecule has 268 valence electrons. The van der Waals surface area contributed by atoms with Crippen molar-refractivity contribution in [3.63, 3.8) is 0 Å². The summed E-state index contributed by atoms with van der Waals surface area (Å²) in [4.78, 5) is 46.7. The molecule has 0 aromatic heterocycles. The standard InChI is InChI=1S/C43H39N3O7/c47-24-25-52-31-22-20-30(21-23-31)39-43(32-18-10-11-19-33(32)45-42(43)51)35(40(49)44-26-34(48)27-12-4-1-5-13-27)37-41(50)53-38(29-16-8-3-9-17-29)36(46(37)39)28-14-6-2-7-15-28/h1-23,34-39,47-48H,24-26H2,(H,44,49)(H,45,51)/t34-,35-,36-,37-,38+,39+,43-/m0/s1. The molecule has 2 saturated heterocycles. The summed E-state index contributed by atoms with van der Waals surface area (Å²) in [5.41, 5.74) is 2.43. The third-order valence-electron chi connectivity index (χ3n) is 10.7.